The summed E-state index contributed by atoms with van der Waals surface area (Å²) >= 11 is 0. The summed E-state index contributed by atoms with van der Waals surface area (Å²) in [5.41, 5.74) is 2.65. The lowest BCUT2D eigenvalue weighted by atomic mass is 10.1. The number of anilines is 2. The van der Waals surface area contributed by atoms with Gasteiger partial charge < -0.3 is 20.7 Å². The van der Waals surface area contributed by atoms with Gasteiger partial charge in [-0.25, -0.2) is 5.01 Å². The minimum Gasteiger partial charge on any atom is -0.769 e. The van der Waals surface area contributed by atoms with E-state index in [1.807, 2.05) is 0 Å². The van der Waals surface area contributed by atoms with Crippen molar-refractivity contribution >= 4 is 28.6 Å². The zero-order valence-corrected chi connectivity index (χ0v) is 12.5. The molecular weight excluding hydrogens is 316 g/mol. The molecule has 24 heavy (non-hydrogen) atoms. The number of rotatable bonds is 3. The van der Waals surface area contributed by atoms with Crippen molar-refractivity contribution < 1.29 is 10.0 Å². The Morgan fingerprint density at radius 2 is 1.83 bits per heavy atom. The van der Waals surface area contributed by atoms with Crippen LogP contribution in [-0.2, 0) is 0 Å². The van der Waals surface area contributed by atoms with E-state index in [4.69, 9.17) is 0 Å². The summed E-state index contributed by atoms with van der Waals surface area (Å²) in [6.07, 6.45) is 0. The topological polar surface area (TPSA) is 128 Å². The average Bonchev–Trinajstić information content (AvgIpc) is 2.57. The van der Waals surface area contributed by atoms with Crippen molar-refractivity contribution in [3.8, 4) is 0 Å². The van der Waals surface area contributed by atoms with Gasteiger partial charge in [0.05, 0.1) is 4.92 Å². The van der Waals surface area contributed by atoms with Gasteiger partial charge in [0.1, 0.15) is 5.69 Å². The number of hydrazine groups is 1. The third kappa shape index (κ3) is 2.47. The van der Waals surface area contributed by atoms with Crippen LogP contribution in [0.25, 0.3) is 11.6 Å². The van der Waals surface area contributed by atoms with E-state index in [0.29, 0.717) is 10.9 Å². The van der Waals surface area contributed by atoms with Crippen LogP contribution in [0.3, 0.4) is 0 Å². The number of fused-ring (bicyclic) bond motifs is 1. The van der Waals surface area contributed by atoms with Gasteiger partial charge in [0, 0.05) is 27.9 Å². The summed E-state index contributed by atoms with van der Waals surface area (Å²) in [7, 11) is 0. The summed E-state index contributed by atoms with van der Waals surface area (Å²) in [6, 6.07) is 10.3. The van der Waals surface area contributed by atoms with Crippen LogP contribution in [0, 0.1) is 20.5 Å². The average molecular weight is 328 g/mol. The minimum absolute atomic E-state index is 0.00282. The number of hydrogen-bond donors (Lipinski definition) is 2. The molecule has 0 aromatic heterocycles. The largest absolute Gasteiger partial charge is 0.769 e. The van der Waals surface area contributed by atoms with Crippen molar-refractivity contribution in [1.29, 1.82) is 0 Å². The van der Waals surface area contributed by atoms with Crippen LogP contribution in [0.15, 0.2) is 42.5 Å². The summed E-state index contributed by atoms with van der Waals surface area (Å²) in [5.74, 6) is -0.229. The smallest absolute Gasteiger partial charge is 0.296 e. The second-order valence-electron chi connectivity index (χ2n) is 5.13. The molecule has 0 bridgehead atoms. The normalized spacial score (nSPS) is 13.4. The molecule has 9 nitrogen and oxygen atoms in total. The summed E-state index contributed by atoms with van der Waals surface area (Å²) in [6.45, 7) is 1.76. The fourth-order valence-corrected chi connectivity index (χ4v) is 2.54. The molecule has 0 unspecified atom stereocenters. The molecule has 3 rings (SSSR count). The van der Waals surface area contributed by atoms with E-state index in [9.17, 15) is 25.6 Å². The van der Waals surface area contributed by atoms with Crippen LogP contribution in [0.5, 0.6) is 0 Å². The molecular formula is C15H12N4O5-2. The Kier molecular flexibility index (Phi) is 3.72. The van der Waals surface area contributed by atoms with Crippen LogP contribution < -0.4 is 26.1 Å². The molecule has 9 heteroatoms. The van der Waals surface area contributed by atoms with Gasteiger partial charge in [-0.05, 0) is 25.1 Å². The van der Waals surface area contributed by atoms with Gasteiger partial charge in [0.15, 0.2) is 0 Å². The molecule has 0 atom stereocenters. The lowest BCUT2D eigenvalue weighted by molar-refractivity contribution is -0.384. The fourth-order valence-electron chi connectivity index (χ4n) is 2.54. The SMILES string of the molecule is CC1=c2ccccc2=C(O)N(c2ccc(N([O-])[O-])cc2[N+](=O)[O-])N1. The highest BCUT2D eigenvalue weighted by Gasteiger charge is 2.25. The lowest BCUT2D eigenvalue weighted by Crippen LogP contribution is -2.49. The van der Waals surface area contributed by atoms with Crippen LogP contribution >= 0.6 is 0 Å². The van der Waals surface area contributed by atoms with Crippen molar-refractivity contribution in [1.82, 2.24) is 5.43 Å². The maximum atomic E-state index is 11.3. The summed E-state index contributed by atoms with van der Waals surface area (Å²) in [4.78, 5) is 10.6. The Morgan fingerprint density at radius 1 is 1.17 bits per heavy atom. The monoisotopic (exact) mass is 328 g/mol. The molecule has 2 aromatic rings. The van der Waals surface area contributed by atoms with Crippen LogP contribution in [-0.4, -0.2) is 10.0 Å². The predicted octanol–water partition coefficient (Wildman–Crippen LogP) is 1.17. The second kappa shape index (κ2) is 5.72. The molecule has 0 saturated carbocycles. The van der Waals surface area contributed by atoms with Crippen molar-refractivity contribution in [2.24, 2.45) is 0 Å². The van der Waals surface area contributed by atoms with Gasteiger partial charge in [-0.15, -0.1) is 0 Å². The Morgan fingerprint density at radius 3 is 2.46 bits per heavy atom. The second-order valence-corrected chi connectivity index (χ2v) is 5.13. The Hall–Kier alpha value is -3.30. The predicted molar refractivity (Wildman–Crippen MR) is 88.7 cm³/mol. The molecule has 0 aliphatic carbocycles. The molecule has 0 radical (unpaired) electrons. The molecule has 0 fully saturated rings. The van der Waals surface area contributed by atoms with E-state index in [1.54, 1.807) is 31.2 Å². The first-order valence-electron chi connectivity index (χ1n) is 6.89. The molecule has 0 spiro atoms. The summed E-state index contributed by atoms with van der Waals surface area (Å²) in [5, 5.41) is 45.2. The first-order chi connectivity index (χ1) is 11.4. The number of nitrogens with zero attached hydrogens (tertiary/aromatic N) is 3. The van der Waals surface area contributed by atoms with E-state index in [-0.39, 0.29) is 11.6 Å². The van der Waals surface area contributed by atoms with E-state index in [1.165, 1.54) is 6.07 Å². The highest BCUT2D eigenvalue weighted by atomic mass is 16.8. The molecule has 0 saturated heterocycles. The van der Waals surface area contributed by atoms with Gasteiger partial charge in [-0.1, -0.05) is 18.2 Å². The molecule has 0 amide bonds. The number of nitro benzene ring substituents is 1. The first kappa shape index (κ1) is 15.6. The third-order valence-electron chi connectivity index (χ3n) is 3.67. The van der Waals surface area contributed by atoms with Crippen molar-refractivity contribution in [2.75, 3.05) is 10.2 Å². The number of aliphatic hydroxyl groups excluding tert-OH is 1. The highest BCUT2D eigenvalue weighted by Crippen LogP contribution is 2.33. The Balaban J connectivity index is 2.21. The van der Waals surface area contributed by atoms with Gasteiger partial charge in [0.2, 0.25) is 5.88 Å². The van der Waals surface area contributed by atoms with Gasteiger partial charge >= 0.3 is 0 Å². The van der Waals surface area contributed by atoms with Gasteiger partial charge in [0.25, 0.3) is 5.69 Å². The Labute approximate surface area is 135 Å². The molecule has 1 aliphatic heterocycles. The molecule has 124 valence electrons. The molecule has 2 N–H and O–H groups in total. The lowest BCUT2D eigenvalue weighted by Gasteiger charge is -2.37. The number of hydrogen-bond acceptors (Lipinski definition) is 8. The Bertz CT molecular complexity index is 941. The van der Waals surface area contributed by atoms with E-state index in [0.717, 1.165) is 22.4 Å². The molecule has 2 aromatic carbocycles. The number of benzene rings is 2. The molecule has 1 aliphatic rings. The number of aliphatic hydroxyl groups is 1. The van der Waals surface area contributed by atoms with Crippen LogP contribution in [0.1, 0.15) is 6.92 Å². The van der Waals surface area contributed by atoms with Gasteiger partial charge in [-0.2, -0.15) is 0 Å². The third-order valence-corrected chi connectivity index (χ3v) is 3.67. The van der Waals surface area contributed by atoms with Crippen LogP contribution in [0.4, 0.5) is 17.1 Å². The van der Waals surface area contributed by atoms with Crippen molar-refractivity contribution in [2.45, 2.75) is 6.92 Å². The maximum Gasteiger partial charge on any atom is 0.296 e. The number of nitro groups is 1. The highest BCUT2D eigenvalue weighted by molar-refractivity contribution is 5.77. The standard InChI is InChI=1S/C15H12N4O5/c1-9-11-4-2-3-5-12(11)15(20)17(16-9)13-7-6-10(18(21)22)8-14(13)19(23)24/h2-8,16,20H,1H3/q-2. The maximum absolute atomic E-state index is 11.3. The van der Waals surface area contributed by atoms with E-state index < -0.39 is 21.5 Å². The molecule has 1 heterocycles. The number of nitrogens with one attached hydrogen (secondary N) is 1. The fraction of sp³-hybridized carbons (Fsp3) is 0.0667. The zero-order valence-electron chi connectivity index (χ0n) is 12.5. The minimum atomic E-state index is -0.729. The van der Waals surface area contributed by atoms with Gasteiger partial charge in [-0.3, -0.25) is 15.5 Å². The first-order valence-corrected chi connectivity index (χ1v) is 6.89. The quantitative estimate of drug-likeness (QED) is 0.635. The summed E-state index contributed by atoms with van der Waals surface area (Å²) < 4.78 is 0. The van der Waals surface area contributed by atoms with Crippen LogP contribution in [0.2, 0.25) is 0 Å². The van der Waals surface area contributed by atoms with Crippen molar-refractivity contribution in [3.63, 3.8) is 0 Å². The van der Waals surface area contributed by atoms with Crippen molar-refractivity contribution in [3.05, 3.63) is 73.4 Å². The zero-order chi connectivity index (χ0) is 17.4. The van der Waals surface area contributed by atoms with E-state index in [2.05, 4.69) is 5.43 Å². The van der Waals surface area contributed by atoms with E-state index >= 15 is 0 Å².